The number of nitrogens with zero attached hydrogens (tertiary/aromatic N) is 2. The van der Waals surface area contributed by atoms with Crippen molar-refractivity contribution in [2.45, 2.75) is 6.54 Å². The lowest BCUT2D eigenvalue weighted by molar-refractivity contribution is 0.0693. The molecular formula is C14H10FN3O2S. The van der Waals surface area contributed by atoms with E-state index < -0.39 is 11.9 Å². The molecule has 0 fully saturated rings. The molecule has 7 heteroatoms. The zero-order valence-electron chi connectivity index (χ0n) is 10.7. The molecule has 0 bridgehead atoms. The molecule has 3 aromatic rings. The number of carbonyl (C=O) groups is 1. The number of thiophene rings is 1. The first-order valence-electron chi connectivity index (χ1n) is 6.10. The van der Waals surface area contributed by atoms with Gasteiger partial charge >= 0.3 is 5.97 Å². The zero-order valence-corrected chi connectivity index (χ0v) is 11.5. The Labute approximate surface area is 123 Å². The van der Waals surface area contributed by atoms with Gasteiger partial charge in [0.2, 0.25) is 5.95 Å². The van der Waals surface area contributed by atoms with E-state index in [0.29, 0.717) is 17.6 Å². The summed E-state index contributed by atoms with van der Waals surface area (Å²) in [6.07, 6.45) is 1.47. The fraction of sp³-hybridized carbons (Fsp3) is 0.0714. The monoisotopic (exact) mass is 303 g/mol. The van der Waals surface area contributed by atoms with E-state index in [1.807, 2.05) is 0 Å². The molecule has 0 aromatic carbocycles. The van der Waals surface area contributed by atoms with Gasteiger partial charge in [0.25, 0.3) is 0 Å². The molecule has 0 saturated heterocycles. The maximum atomic E-state index is 13.0. The van der Waals surface area contributed by atoms with Crippen LogP contribution in [0.1, 0.15) is 16.2 Å². The second kappa shape index (κ2) is 5.45. The smallest absolute Gasteiger partial charge is 0.355 e. The predicted molar refractivity (Wildman–Crippen MR) is 78.1 cm³/mol. The third-order valence-corrected chi connectivity index (χ3v) is 3.92. The summed E-state index contributed by atoms with van der Waals surface area (Å²) in [5, 5.41) is 13.6. The van der Waals surface area contributed by atoms with Crippen molar-refractivity contribution < 1.29 is 14.3 Å². The molecule has 0 aliphatic heterocycles. The number of anilines is 1. The average Bonchev–Trinajstić information content (AvgIpc) is 2.87. The van der Waals surface area contributed by atoms with Gasteiger partial charge in [0.15, 0.2) is 5.69 Å². The molecule has 0 spiro atoms. The van der Waals surface area contributed by atoms with E-state index in [9.17, 15) is 9.18 Å². The van der Waals surface area contributed by atoms with Gasteiger partial charge in [0.05, 0.1) is 17.2 Å². The van der Waals surface area contributed by atoms with Crippen molar-refractivity contribution in [3.63, 3.8) is 0 Å². The third-order valence-electron chi connectivity index (χ3n) is 2.86. The Morgan fingerprint density at radius 1 is 1.38 bits per heavy atom. The molecule has 0 unspecified atom stereocenters. The lowest BCUT2D eigenvalue weighted by Gasteiger charge is -2.02. The van der Waals surface area contributed by atoms with Crippen LogP contribution in [0.5, 0.6) is 0 Å². The number of nitrogens with one attached hydrogen (secondary N) is 1. The van der Waals surface area contributed by atoms with Gasteiger partial charge in [-0.25, -0.2) is 14.8 Å². The Hall–Kier alpha value is -2.54. The number of fused-ring (bicyclic) bond motifs is 1. The van der Waals surface area contributed by atoms with Crippen LogP contribution in [0.25, 0.3) is 10.1 Å². The second-order valence-corrected chi connectivity index (χ2v) is 5.38. The van der Waals surface area contributed by atoms with Crippen molar-refractivity contribution >= 4 is 32.4 Å². The topological polar surface area (TPSA) is 75.1 Å². The summed E-state index contributed by atoms with van der Waals surface area (Å²) in [4.78, 5) is 18.7. The lowest BCUT2D eigenvalue weighted by atomic mass is 10.2. The number of carboxylic acids is 1. The zero-order chi connectivity index (χ0) is 14.8. The van der Waals surface area contributed by atoms with Crippen LogP contribution in [0.15, 0.2) is 36.5 Å². The van der Waals surface area contributed by atoms with Crippen molar-refractivity contribution in [2.24, 2.45) is 0 Å². The van der Waals surface area contributed by atoms with E-state index in [0.717, 1.165) is 9.70 Å². The average molecular weight is 303 g/mol. The number of carboxylic acid groups (broad SMARTS) is 1. The SMILES string of the molecule is O=C(O)c1nccc2sc(NCc3cccc(F)n3)cc12. The lowest BCUT2D eigenvalue weighted by Crippen LogP contribution is -2.01. The molecule has 2 N–H and O–H groups in total. The molecule has 0 aliphatic carbocycles. The van der Waals surface area contributed by atoms with Crippen LogP contribution < -0.4 is 5.32 Å². The molecule has 0 amide bonds. The van der Waals surface area contributed by atoms with Crippen molar-refractivity contribution in [1.82, 2.24) is 9.97 Å². The fourth-order valence-electron chi connectivity index (χ4n) is 1.95. The molecule has 0 aliphatic rings. The minimum atomic E-state index is -1.06. The minimum Gasteiger partial charge on any atom is -0.476 e. The van der Waals surface area contributed by atoms with Crippen LogP contribution in [0.2, 0.25) is 0 Å². The largest absolute Gasteiger partial charge is 0.476 e. The normalized spacial score (nSPS) is 10.7. The van der Waals surface area contributed by atoms with Crippen LogP contribution in [0, 0.1) is 5.95 Å². The number of hydrogen-bond donors (Lipinski definition) is 2. The van der Waals surface area contributed by atoms with Crippen LogP contribution in [0.4, 0.5) is 9.39 Å². The van der Waals surface area contributed by atoms with Gasteiger partial charge in [-0.2, -0.15) is 4.39 Å². The molecule has 106 valence electrons. The Morgan fingerprint density at radius 3 is 3.00 bits per heavy atom. The van der Waals surface area contributed by atoms with Crippen molar-refractivity contribution in [3.8, 4) is 0 Å². The van der Waals surface area contributed by atoms with Gasteiger partial charge < -0.3 is 10.4 Å². The Kier molecular flexibility index (Phi) is 3.49. The molecule has 3 rings (SSSR count). The van der Waals surface area contributed by atoms with Crippen LogP contribution >= 0.6 is 11.3 Å². The molecule has 3 aromatic heterocycles. The summed E-state index contributed by atoms with van der Waals surface area (Å²) in [6, 6.07) is 8.09. The van der Waals surface area contributed by atoms with E-state index in [1.54, 1.807) is 24.3 Å². The van der Waals surface area contributed by atoms with Gasteiger partial charge in [0, 0.05) is 16.3 Å². The third kappa shape index (κ3) is 2.82. The fourth-order valence-corrected chi connectivity index (χ4v) is 2.90. The van der Waals surface area contributed by atoms with E-state index in [1.165, 1.54) is 23.6 Å². The number of aromatic carboxylic acids is 1. The summed E-state index contributed by atoms with van der Waals surface area (Å²) < 4.78 is 13.8. The molecule has 5 nitrogen and oxygen atoms in total. The van der Waals surface area contributed by atoms with Gasteiger partial charge in [-0.3, -0.25) is 0 Å². The summed E-state index contributed by atoms with van der Waals surface area (Å²) in [7, 11) is 0. The van der Waals surface area contributed by atoms with Crippen molar-refractivity contribution in [3.05, 3.63) is 53.9 Å². The van der Waals surface area contributed by atoms with Gasteiger partial charge in [-0.05, 0) is 24.3 Å². The van der Waals surface area contributed by atoms with Crippen molar-refractivity contribution in [2.75, 3.05) is 5.32 Å². The van der Waals surface area contributed by atoms with Gasteiger partial charge in [-0.1, -0.05) is 6.07 Å². The molecular weight excluding hydrogens is 293 g/mol. The van der Waals surface area contributed by atoms with Gasteiger partial charge in [-0.15, -0.1) is 11.3 Å². The van der Waals surface area contributed by atoms with E-state index in [4.69, 9.17) is 5.11 Å². The Bertz CT molecular complexity index is 819. The first kappa shape index (κ1) is 13.4. The highest BCUT2D eigenvalue weighted by Gasteiger charge is 2.12. The number of pyridine rings is 2. The highest BCUT2D eigenvalue weighted by atomic mass is 32.1. The molecule has 21 heavy (non-hydrogen) atoms. The molecule has 0 saturated carbocycles. The maximum absolute atomic E-state index is 13.0. The van der Waals surface area contributed by atoms with Crippen LogP contribution in [-0.2, 0) is 6.54 Å². The summed E-state index contributed by atoms with van der Waals surface area (Å²) >= 11 is 1.42. The number of aromatic nitrogens is 2. The first-order valence-corrected chi connectivity index (χ1v) is 6.92. The van der Waals surface area contributed by atoms with Crippen LogP contribution in [0.3, 0.4) is 0 Å². The van der Waals surface area contributed by atoms with E-state index >= 15 is 0 Å². The molecule has 0 atom stereocenters. The number of hydrogen-bond acceptors (Lipinski definition) is 5. The predicted octanol–water partition coefficient (Wildman–Crippen LogP) is 3.14. The second-order valence-electron chi connectivity index (χ2n) is 4.29. The van der Waals surface area contributed by atoms with E-state index in [2.05, 4.69) is 15.3 Å². The first-order chi connectivity index (χ1) is 10.1. The quantitative estimate of drug-likeness (QED) is 0.724. The van der Waals surface area contributed by atoms with E-state index in [-0.39, 0.29) is 5.69 Å². The Balaban J connectivity index is 1.85. The maximum Gasteiger partial charge on any atom is 0.355 e. The number of rotatable bonds is 4. The summed E-state index contributed by atoms with van der Waals surface area (Å²) in [5.41, 5.74) is 0.602. The van der Waals surface area contributed by atoms with Crippen LogP contribution in [-0.4, -0.2) is 21.0 Å². The summed E-state index contributed by atoms with van der Waals surface area (Å²) in [5.74, 6) is -1.58. The molecule has 3 heterocycles. The standard InChI is InChI=1S/C14H10FN3O2S/c15-11-3-1-2-8(18-11)7-17-12-6-9-10(21-12)4-5-16-13(9)14(19)20/h1-6,17H,7H2,(H,19,20). The highest BCUT2D eigenvalue weighted by Crippen LogP contribution is 2.31. The highest BCUT2D eigenvalue weighted by molar-refractivity contribution is 7.22. The van der Waals surface area contributed by atoms with Gasteiger partial charge in [0.1, 0.15) is 0 Å². The Morgan fingerprint density at radius 2 is 2.24 bits per heavy atom. The molecule has 0 radical (unpaired) electrons. The minimum absolute atomic E-state index is 0.0284. The summed E-state index contributed by atoms with van der Waals surface area (Å²) in [6.45, 7) is 0.362. The number of halogens is 1. The van der Waals surface area contributed by atoms with Crippen molar-refractivity contribution in [1.29, 1.82) is 0 Å².